The van der Waals surface area contributed by atoms with Crippen LogP contribution >= 0.6 is 46.4 Å². The van der Waals surface area contributed by atoms with E-state index in [0.29, 0.717) is 6.29 Å². The number of rotatable bonds is 1. The van der Waals surface area contributed by atoms with Crippen LogP contribution in [0.5, 0.6) is 0 Å². The van der Waals surface area contributed by atoms with Gasteiger partial charge in [0.1, 0.15) is 6.29 Å². The molecule has 9 heavy (non-hydrogen) atoms. The Morgan fingerprint density at radius 1 is 1.22 bits per heavy atom. The smallest absolute Gasteiger partial charge is 0.266 e. The average Bonchev–Trinajstić information content (AvgIpc) is 1.61. The SMILES string of the molecule is C=CC=O.ClC(Cl)(Cl)Cl. The largest absolute Gasteiger partial charge is 0.299 e. The Bertz CT molecular complexity index is 73.1. The van der Waals surface area contributed by atoms with E-state index in [2.05, 4.69) is 6.58 Å². The van der Waals surface area contributed by atoms with Crippen molar-refractivity contribution in [3.63, 3.8) is 0 Å². The van der Waals surface area contributed by atoms with Crippen molar-refractivity contribution < 1.29 is 4.79 Å². The highest BCUT2D eigenvalue weighted by Gasteiger charge is 2.11. The average molecular weight is 210 g/mol. The highest BCUT2D eigenvalue weighted by Crippen LogP contribution is 2.29. The van der Waals surface area contributed by atoms with Crippen LogP contribution in [0.4, 0.5) is 0 Å². The molecule has 0 rings (SSSR count). The van der Waals surface area contributed by atoms with Gasteiger partial charge in [-0.1, -0.05) is 53.0 Å². The van der Waals surface area contributed by atoms with Gasteiger partial charge in [-0.05, 0) is 6.08 Å². The second-order valence-corrected chi connectivity index (χ2v) is 4.23. The molecule has 0 atom stereocenters. The minimum Gasteiger partial charge on any atom is -0.299 e. The van der Waals surface area contributed by atoms with E-state index in [1.165, 1.54) is 6.08 Å². The zero-order valence-electron chi connectivity index (χ0n) is 4.28. The van der Waals surface area contributed by atoms with Crippen LogP contribution in [0.15, 0.2) is 12.7 Å². The van der Waals surface area contributed by atoms with Crippen molar-refractivity contribution >= 4 is 52.7 Å². The van der Waals surface area contributed by atoms with Crippen LogP contribution in [-0.4, -0.2) is 9.54 Å². The Kier molecular flexibility index (Phi) is 9.11. The number of alkyl halides is 4. The van der Waals surface area contributed by atoms with Gasteiger partial charge in [0.2, 0.25) is 0 Å². The first kappa shape index (κ1) is 12.3. The van der Waals surface area contributed by atoms with Crippen LogP contribution in [-0.2, 0) is 4.79 Å². The highest BCUT2D eigenvalue weighted by molar-refractivity contribution is 6.83. The second-order valence-electron chi connectivity index (χ2n) is 0.800. The summed E-state index contributed by atoms with van der Waals surface area (Å²) in [5.41, 5.74) is 0. The molecule has 0 aromatic heterocycles. The van der Waals surface area contributed by atoms with Gasteiger partial charge < -0.3 is 0 Å². The molecule has 5 heteroatoms. The molecule has 0 spiro atoms. The van der Waals surface area contributed by atoms with Crippen molar-refractivity contribution in [1.29, 1.82) is 0 Å². The number of halogens is 4. The van der Waals surface area contributed by atoms with Crippen LogP contribution in [0.1, 0.15) is 0 Å². The first-order valence-corrected chi connectivity index (χ1v) is 3.25. The van der Waals surface area contributed by atoms with Crippen LogP contribution < -0.4 is 0 Å². The molecule has 0 unspecified atom stereocenters. The monoisotopic (exact) mass is 208 g/mol. The molecule has 0 heterocycles. The minimum atomic E-state index is -1.61. The molecule has 0 aliphatic carbocycles. The molecule has 0 saturated heterocycles. The third-order valence-corrected chi connectivity index (χ3v) is 0.0962. The van der Waals surface area contributed by atoms with E-state index in [-0.39, 0.29) is 0 Å². The third-order valence-electron chi connectivity index (χ3n) is 0.0962. The molecule has 0 aliphatic rings. The summed E-state index contributed by atoms with van der Waals surface area (Å²) in [6.07, 6.45) is 1.83. The number of allylic oxidation sites excluding steroid dienone is 1. The molecule has 0 aliphatic heterocycles. The summed E-state index contributed by atoms with van der Waals surface area (Å²) in [7, 11) is 0. The van der Waals surface area contributed by atoms with E-state index in [0.717, 1.165) is 0 Å². The van der Waals surface area contributed by atoms with Gasteiger partial charge in [0.05, 0.1) is 0 Å². The molecule has 0 radical (unpaired) electrons. The van der Waals surface area contributed by atoms with Crippen LogP contribution in [0.25, 0.3) is 0 Å². The first-order valence-electron chi connectivity index (χ1n) is 1.73. The van der Waals surface area contributed by atoms with Crippen molar-refractivity contribution in [3.8, 4) is 0 Å². The van der Waals surface area contributed by atoms with E-state index >= 15 is 0 Å². The number of carbonyl (C=O) groups is 1. The van der Waals surface area contributed by atoms with Crippen molar-refractivity contribution in [2.75, 3.05) is 0 Å². The molecule has 0 aromatic rings. The van der Waals surface area contributed by atoms with Gasteiger partial charge in [-0.2, -0.15) is 0 Å². The summed E-state index contributed by atoms with van der Waals surface area (Å²) in [6.45, 7) is 3.11. The summed E-state index contributed by atoms with van der Waals surface area (Å²) in [5, 5.41) is 0. The number of hydrogen-bond donors (Lipinski definition) is 0. The maximum Gasteiger partial charge on any atom is 0.266 e. The molecule has 0 aromatic carbocycles. The van der Waals surface area contributed by atoms with Gasteiger partial charge in [0.25, 0.3) is 3.25 Å². The van der Waals surface area contributed by atoms with E-state index < -0.39 is 3.25 Å². The Labute approximate surface area is 73.5 Å². The molecule has 1 nitrogen and oxygen atoms in total. The van der Waals surface area contributed by atoms with E-state index in [4.69, 9.17) is 51.2 Å². The first-order chi connectivity index (χ1) is 3.91. The summed E-state index contributed by atoms with van der Waals surface area (Å²) >= 11 is 19.3. The standard InChI is InChI=1S/C3H4O.CCl4/c1-2-3-4;2-1(3,4)5/h2-3H,1H2;. The quantitative estimate of drug-likeness (QED) is 0.369. The zero-order valence-corrected chi connectivity index (χ0v) is 7.31. The number of hydrogen-bond acceptors (Lipinski definition) is 1. The lowest BCUT2D eigenvalue weighted by Gasteiger charge is -1.91. The minimum absolute atomic E-state index is 0.639. The Morgan fingerprint density at radius 2 is 1.33 bits per heavy atom. The number of aldehydes is 1. The molecule has 54 valence electrons. The summed E-state index contributed by atoms with van der Waals surface area (Å²) < 4.78 is -1.61. The fourth-order valence-electron chi connectivity index (χ4n) is 0. The van der Waals surface area contributed by atoms with Gasteiger partial charge in [-0.3, -0.25) is 4.79 Å². The molecule has 0 amide bonds. The maximum absolute atomic E-state index is 9.06. The molecule has 0 saturated carbocycles. The molecular formula is C4H4Cl4O. The van der Waals surface area contributed by atoms with Crippen molar-refractivity contribution in [1.82, 2.24) is 0 Å². The number of carbonyl (C=O) groups excluding carboxylic acids is 1. The van der Waals surface area contributed by atoms with E-state index in [1.54, 1.807) is 0 Å². The Morgan fingerprint density at radius 3 is 1.33 bits per heavy atom. The van der Waals surface area contributed by atoms with E-state index in [9.17, 15) is 0 Å². The summed E-state index contributed by atoms with van der Waals surface area (Å²) in [4.78, 5) is 9.06. The van der Waals surface area contributed by atoms with Crippen LogP contribution in [0.2, 0.25) is 0 Å². The third kappa shape index (κ3) is 150. The van der Waals surface area contributed by atoms with Crippen molar-refractivity contribution in [2.24, 2.45) is 0 Å². The lowest BCUT2D eigenvalue weighted by molar-refractivity contribution is -0.104. The fourth-order valence-corrected chi connectivity index (χ4v) is 0. The maximum atomic E-state index is 9.06. The van der Waals surface area contributed by atoms with Gasteiger partial charge in [-0.25, -0.2) is 0 Å². The predicted octanol–water partition coefficient (Wildman–Crippen LogP) is 2.92. The topological polar surface area (TPSA) is 17.1 Å². The molecule has 0 bridgehead atoms. The predicted molar refractivity (Wildman–Crippen MR) is 42.4 cm³/mol. The fraction of sp³-hybridized carbons (Fsp3) is 0.250. The van der Waals surface area contributed by atoms with Crippen LogP contribution in [0.3, 0.4) is 0 Å². The normalized spacial score (nSPS) is 8.89. The molecule has 0 N–H and O–H groups in total. The highest BCUT2D eigenvalue weighted by atomic mass is 35.6. The van der Waals surface area contributed by atoms with Crippen molar-refractivity contribution in [3.05, 3.63) is 12.7 Å². The van der Waals surface area contributed by atoms with E-state index in [1.807, 2.05) is 0 Å². The summed E-state index contributed by atoms with van der Waals surface area (Å²) in [6, 6.07) is 0. The van der Waals surface area contributed by atoms with Gasteiger partial charge in [-0.15, -0.1) is 0 Å². The molecule has 0 fully saturated rings. The Balaban J connectivity index is 0. The zero-order chi connectivity index (χ0) is 7.91. The lowest BCUT2D eigenvalue weighted by Crippen LogP contribution is -1.81. The van der Waals surface area contributed by atoms with Gasteiger partial charge in [0.15, 0.2) is 0 Å². The lowest BCUT2D eigenvalue weighted by atomic mass is 10.8. The molecular weight excluding hydrogens is 206 g/mol. The van der Waals surface area contributed by atoms with Gasteiger partial charge >= 0.3 is 0 Å². The second kappa shape index (κ2) is 6.69. The Hall–Kier alpha value is 0.570. The van der Waals surface area contributed by atoms with Crippen molar-refractivity contribution in [2.45, 2.75) is 3.25 Å². The van der Waals surface area contributed by atoms with Gasteiger partial charge in [0, 0.05) is 0 Å². The summed E-state index contributed by atoms with van der Waals surface area (Å²) in [5.74, 6) is 0. The van der Waals surface area contributed by atoms with Crippen LogP contribution in [0, 0.1) is 0 Å².